The first kappa shape index (κ1) is 14.7. The zero-order valence-corrected chi connectivity index (χ0v) is 13.9. The molecule has 0 bridgehead atoms. The Morgan fingerprint density at radius 2 is 2.09 bits per heavy atom. The van der Waals surface area contributed by atoms with Crippen LogP contribution in [0, 0.1) is 6.92 Å². The van der Waals surface area contributed by atoms with Gasteiger partial charge in [0.2, 0.25) is 0 Å². The molecule has 3 rings (SSSR count). The normalized spacial score (nSPS) is 10.5. The van der Waals surface area contributed by atoms with Gasteiger partial charge < -0.3 is 3.07 Å². The fourth-order valence-corrected chi connectivity index (χ4v) is 2.42. The topological polar surface area (TPSA) is 57.0 Å². The first-order valence-corrected chi connectivity index (χ1v) is 7.46. The number of benzene rings is 1. The van der Waals surface area contributed by atoms with Crippen molar-refractivity contribution < 1.29 is 7.86 Å². The summed E-state index contributed by atoms with van der Waals surface area (Å²) in [7, 11) is 0. The number of hydrogen-bond acceptors (Lipinski definition) is 4. The van der Waals surface area contributed by atoms with Crippen molar-refractivity contribution >= 4 is 29.0 Å². The molecule has 3 aromatic rings. The third-order valence-electron chi connectivity index (χ3n) is 3.34. The van der Waals surface area contributed by atoms with E-state index in [1.807, 2.05) is 31.3 Å². The molecule has 22 heavy (non-hydrogen) atoms. The van der Waals surface area contributed by atoms with Gasteiger partial charge in [-0.3, -0.25) is 4.98 Å². The van der Waals surface area contributed by atoms with Gasteiger partial charge in [-0.25, -0.2) is 9.48 Å². The van der Waals surface area contributed by atoms with Gasteiger partial charge in [0, 0.05) is 29.7 Å². The second-order valence-corrected chi connectivity index (χ2v) is 5.22. The summed E-state index contributed by atoms with van der Waals surface area (Å²) in [5.41, 5.74) is 4.32. The van der Waals surface area contributed by atoms with Crippen LogP contribution in [-0.4, -0.2) is 20.7 Å². The molecule has 5 nitrogen and oxygen atoms in total. The minimum Gasteiger partial charge on any atom is -0.391 e. The Morgan fingerprint density at radius 1 is 1.23 bits per heavy atom. The Labute approximate surface area is 141 Å². The quantitative estimate of drug-likeness (QED) is 0.623. The maximum Gasteiger partial charge on any atom is 0.347 e. The summed E-state index contributed by atoms with van der Waals surface area (Å²) in [6.07, 6.45) is 7.22. The van der Waals surface area contributed by atoms with Crippen molar-refractivity contribution in [3.8, 4) is 16.8 Å². The van der Waals surface area contributed by atoms with Crippen LogP contribution < -0.4 is 0 Å². The lowest BCUT2D eigenvalue weighted by Crippen LogP contribution is -2.03. The van der Waals surface area contributed by atoms with Crippen LogP contribution in [0.25, 0.3) is 16.8 Å². The molecule has 1 aromatic carbocycles. The zero-order valence-electron chi connectivity index (χ0n) is 11.7. The van der Waals surface area contributed by atoms with Gasteiger partial charge in [-0.1, -0.05) is 12.1 Å². The molecule has 0 saturated heterocycles. The molecule has 110 valence electrons. The van der Waals surface area contributed by atoms with Crippen LogP contribution in [0.3, 0.4) is 0 Å². The molecule has 0 aliphatic rings. The van der Waals surface area contributed by atoms with E-state index >= 15 is 0 Å². The molecule has 0 aliphatic carbocycles. The van der Waals surface area contributed by atoms with E-state index in [9.17, 15) is 4.79 Å². The average Bonchev–Trinajstić information content (AvgIpc) is 3.05. The van der Waals surface area contributed by atoms with E-state index in [4.69, 9.17) is 3.07 Å². The molecule has 2 heterocycles. The highest BCUT2D eigenvalue weighted by Gasteiger charge is 2.11. The maximum atomic E-state index is 11.7. The van der Waals surface area contributed by atoms with Gasteiger partial charge in [0.25, 0.3) is 0 Å². The number of pyridine rings is 1. The number of hydrogen-bond donors (Lipinski definition) is 0. The minimum absolute atomic E-state index is 0.374. The number of rotatable bonds is 3. The Hall–Kier alpha value is -2.22. The van der Waals surface area contributed by atoms with Crippen molar-refractivity contribution in [2.45, 2.75) is 6.92 Å². The van der Waals surface area contributed by atoms with Gasteiger partial charge in [-0.15, -0.1) is 0 Å². The van der Waals surface area contributed by atoms with Gasteiger partial charge >= 0.3 is 5.97 Å². The lowest BCUT2D eigenvalue weighted by Gasteiger charge is -2.07. The SMILES string of the molecule is Cc1ccc(C(=O)OI)cc1-n1cc(-c2cccnc2)cn1. The summed E-state index contributed by atoms with van der Waals surface area (Å²) < 4.78 is 6.49. The first-order chi connectivity index (χ1) is 10.7. The molecule has 0 spiro atoms. The van der Waals surface area contributed by atoms with E-state index in [1.165, 1.54) is 0 Å². The summed E-state index contributed by atoms with van der Waals surface area (Å²) >= 11 is 1.58. The molecule has 6 heteroatoms. The summed E-state index contributed by atoms with van der Waals surface area (Å²) in [5, 5.41) is 4.38. The lowest BCUT2D eigenvalue weighted by molar-refractivity contribution is 0.0800. The van der Waals surface area contributed by atoms with Crippen LogP contribution >= 0.6 is 23.0 Å². The Kier molecular flexibility index (Phi) is 4.19. The Balaban J connectivity index is 2.01. The summed E-state index contributed by atoms with van der Waals surface area (Å²) in [5.74, 6) is -0.374. The highest BCUT2D eigenvalue weighted by atomic mass is 127. The van der Waals surface area contributed by atoms with Crippen LogP contribution in [0.4, 0.5) is 0 Å². The van der Waals surface area contributed by atoms with Gasteiger partial charge in [0.05, 0.1) is 17.4 Å². The van der Waals surface area contributed by atoms with Crippen LogP contribution in [0.15, 0.2) is 55.1 Å². The van der Waals surface area contributed by atoms with Gasteiger partial charge in [-0.05, 0) is 30.7 Å². The van der Waals surface area contributed by atoms with Gasteiger partial charge in [0.15, 0.2) is 23.0 Å². The molecule has 0 atom stereocenters. The average molecular weight is 405 g/mol. The number of carbonyl (C=O) groups is 1. The van der Waals surface area contributed by atoms with Crippen molar-refractivity contribution in [3.05, 3.63) is 66.2 Å². The minimum atomic E-state index is -0.374. The zero-order chi connectivity index (χ0) is 15.5. The van der Waals surface area contributed by atoms with E-state index in [-0.39, 0.29) is 5.97 Å². The molecular weight excluding hydrogens is 393 g/mol. The number of nitrogens with zero attached hydrogens (tertiary/aromatic N) is 3. The van der Waals surface area contributed by atoms with E-state index in [0.717, 1.165) is 22.4 Å². The first-order valence-electron chi connectivity index (χ1n) is 6.58. The number of halogens is 1. The fourth-order valence-electron chi connectivity index (χ4n) is 2.16. The van der Waals surface area contributed by atoms with E-state index in [1.54, 1.807) is 58.4 Å². The molecule has 0 amide bonds. The lowest BCUT2D eigenvalue weighted by atomic mass is 10.1. The molecule has 0 saturated carbocycles. The molecular formula is C16H12IN3O2. The molecule has 0 fully saturated rings. The molecule has 0 aliphatic heterocycles. The van der Waals surface area contributed by atoms with Gasteiger partial charge in [-0.2, -0.15) is 5.10 Å². The van der Waals surface area contributed by atoms with Gasteiger partial charge in [0.1, 0.15) is 0 Å². The number of carbonyl (C=O) groups excluding carboxylic acids is 1. The van der Waals surface area contributed by atoms with E-state index < -0.39 is 0 Å². The third-order valence-corrected chi connectivity index (χ3v) is 3.74. The highest BCUT2D eigenvalue weighted by Crippen LogP contribution is 2.21. The van der Waals surface area contributed by atoms with Crippen molar-refractivity contribution in [2.75, 3.05) is 0 Å². The largest absolute Gasteiger partial charge is 0.391 e. The van der Waals surface area contributed by atoms with Crippen molar-refractivity contribution in [1.29, 1.82) is 0 Å². The van der Waals surface area contributed by atoms with Crippen LogP contribution in [0.2, 0.25) is 0 Å². The smallest absolute Gasteiger partial charge is 0.347 e. The highest BCUT2D eigenvalue weighted by molar-refractivity contribution is 14.1. The predicted octanol–water partition coefficient (Wildman–Crippen LogP) is 3.75. The Bertz CT molecular complexity index is 815. The van der Waals surface area contributed by atoms with Crippen LogP contribution in [-0.2, 0) is 3.07 Å². The van der Waals surface area contributed by atoms with Crippen LogP contribution in [0.5, 0.6) is 0 Å². The van der Waals surface area contributed by atoms with E-state index in [0.29, 0.717) is 5.56 Å². The third kappa shape index (κ3) is 2.87. The monoisotopic (exact) mass is 405 g/mol. The van der Waals surface area contributed by atoms with Crippen LogP contribution in [0.1, 0.15) is 15.9 Å². The van der Waals surface area contributed by atoms with Crippen molar-refractivity contribution in [2.24, 2.45) is 0 Å². The maximum absolute atomic E-state index is 11.7. The molecule has 0 N–H and O–H groups in total. The predicted molar refractivity (Wildman–Crippen MR) is 91.0 cm³/mol. The summed E-state index contributed by atoms with van der Waals surface area (Å²) in [6, 6.07) is 9.26. The summed E-state index contributed by atoms with van der Waals surface area (Å²) in [4.78, 5) is 15.8. The van der Waals surface area contributed by atoms with E-state index in [2.05, 4.69) is 10.1 Å². The number of aryl methyl sites for hydroxylation is 1. The van der Waals surface area contributed by atoms with Crippen molar-refractivity contribution in [3.63, 3.8) is 0 Å². The molecule has 2 aromatic heterocycles. The van der Waals surface area contributed by atoms with Crippen molar-refractivity contribution in [1.82, 2.24) is 14.8 Å². The molecule has 0 radical (unpaired) electrons. The second kappa shape index (κ2) is 6.27. The second-order valence-electron chi connectivity index (χ2n) is 4.78. The fraction of sp³-hybridized carbons (Fsp3) is 0.0625. The summed E-state index contributed by atoms with van der Waals surface area (Å²) in [6.45, 7) is 1.97. The molecule has 0 unspecified atom stereocenters. The Morgan fingerprint density at radius 3 is 2.82 bits per heavy atom. The standard InChI is InChI=1S/C16H12IN3O2/c1-11-4-5-12(16(21)22-17)7-15(11)20-10-14(9-19-20)13-3-2-6-18-8-13/h2-10H,1H3. The number of aromatic nitrogens is 3.